The zero-order valence-corrected chi connectivity index (χ0v) is 17.2. The highest BCUT2D eigenvalue weighted by Gasteiger charge is 2.27. The van der Waals surface area contributed by atoms with E-state index in [4.69, 9.17) is 18.5 Å². The molecule has 0 atom stereocenters. The molecular weight excluding hydrogens is 407 g/mol. The molecule has 0 N–H and O–H groups in total. The molecule has 0 bridgehead atoms. The van der Waals surface area contributed by atoms with Crippen LogP contribution in [0.2, 0.25) is 0 Å². The van der Waals surface area contributed by atoms with Crippen molar-refractivity contribution >= 4 is 20.2 Å². The molecule has 0 heterocycles. The number of esters is 2. The third kappa shape index (κ3) is 7.53. The van der Waals surface area contributed by atoms with Crippen molar-refractivity contribution in [3.63, 3.8) is 0 Å². The first-order valence-corrected chi connectivity index (χ1v) is 10.2. The van der Waals surface area contributed by atoms with Crippen molar-refractivity contribution in [2.24, 2.45) is 0 Å². The zero-order chi connectivity index (χ0) is 21.8. The Morgan fingerprint density at radius 2 is 1.17 bits per heavy atom. The summed E-state index contributed by atoms with van der Waals surface area (Å²) in [5.74, 6) is -0.298. The van der Waals surface area contributed by atoms with Crippen molar-refractivity contribution in [3.8, 4) is 11.5 Å². The Morgan fingerprint density at radius 3 is 1.57 bits per heavy atom. The third-order valence-corrected chi connectivity index (χ3v) is 4.55. The van der Waals surface area contributed by atoms with E-state index in [0.717, 1.165) is 12.2 Å². The lowest BCUT2D eigenvalue weighted by atomic mass is 10.1. The number of ether oxygens (including phenoxy) is 2. The van der Waals surface area contributed by atoms with Crippen LogP contribution in [0.1, 0.15) is 11.1 Å². The molecule has 0 amide bonds. The Bertz CT molecular complexity index is 850. The molecule has 2 aromatic rings. The van der Waals surface area contributed by atoms with Crippen LogP contribution in [0, 0.1) is 0 Å². The maximum atomic E-state index is 12.4. The molecule has 0 aliphatic heterocycles. The van der Waals surface area contributed by atoms with Gasteiger partial charge in [-0.05, 0) is 12.1 Å². The first-order chi connectivity index (χ1) is 14.5. The molecule has 156 valence electrons. The molecule has 0 fully saturated rings. The molecule has 0 radical (unpaired) electrons. The summed E-state index contributed by atoms with van der Waals surface area (Å²) in [5, 5.41) is 0. The number of para-hydroxylation sites is 2. The van der Waals surface area contributed by atoms with Gasteiger partial charge in [-0.2, -0.15) is 0 Å². The molecule has 2 aromatic carbocycles. The summed E-state index contributed by atoms with van der Waals surface area (Å²) in [6.07, 6.45) is 2.93. The predicted molar refractivity (Wildman–Crippen MR) is 111 cm³/mol. The van der Waals surface area contributed by atoms with E-state index in [2.05, 4.69) is 13.2 Å². The van der Waals surface area contributed by atoms with Crippen LogP contribution in [0.3, 0.4) is 0 Å². The van der Waals surface area contributed by atoms with Gasteiger partial charge >= 0.3 is 20.2 Å². The summed E-state index contributed by atoms with van der Waals surface area (Å²) >= 11 is 0. The number of hydrogen-bond donors (Lipinski definition) is 0. The molecule has 0 spiro atoms. The minimum atomic E-state index is -2.52. The summed E-state index contributed by atoms with van der Waals surface area (Å²) in [4.78, 5) is 22.3. The average Bonchev–Trinajstić information content (AvgIpc) is 2.75. The minimum Gasteiger partial charge on any atom is -0.462 e. The number of carbonyl (C=O) groups is 2. The standard InChI is InChI=1S/C22H22O7P/c1-3-21(23)26-15-13-17-9-5-7-11-19(17)28-30(25)29-20-12-8-6-10-18(20)14-16-27-22(24)4-2/h3-12H,1-2,13-16H2/q+1. The van der Waals surface area contributed by atoms with Gasteiger partial charge in [-0.25, -0.2) is 18.6 Å². The van der Waals surface area contributed by atoms with Gasteiger partial charge < -0.3 is 9.47 Å². The highest BCUT2D eigenvalue weighted by Crippen LogP contribution is 2.34. The van der Waals surface area contributed by atoms with E-state index in [9.17, 15) is 14.2 Å². The molecular formula is C22H22O7P+. The van der Waals surface area contributed by atoms with Gasteiger partial charge in [0.2, 0.25) is 0 Å². The predicted octanol–water partition coefficient (Wildman–Crippen LogP) is 4.35. The second-order valence-corrected chi connectivity index (χ2v) is 6.68. The topological polar surface area (TPSA) is 88.1 Å². The molecule has 7 nitrogen and oxygen atoms in total. The summed E-state index contributed by atoms with van der Waals surface area (Å²) in [5.41, 5.74) is 1.43. The molecule has 8 heteroatoms. The van der Waals surface area contributed by atoms with Gasteiger partial charge in [0.15, 0.2) is 11.5 Å². The lowest BCUT2D eigenvalue weighted by Crippen LogP contribution is -2.06. The molecule has 30 heavy (non-hydrogen) atoms. The first kappa shape index (κ1) is 22.8. The van der Waals surface area contributed by atoms with E-state index in [1.165, 1.54) is 0 Å². The van der Waals surface area contributed by atoms with Crippen molar-refractivity contribution in [1.29, 1.82) is 0 Å². The van der Waals surface area contributed by atoms with Gasteiger partial charge in [0.25, 0.3) is 0 Å². The van der Waals surface area contributed by atoms with Gasteiger partial charge in [-0.3, -0.25) is 0 Å². The van der Waals surface area contributed by atoms with Crippen molar-refractivity contribution in [3.05, 3.63) is 85.0 Å². The van der Waals surface area contributed by atoms with Crippen molar-refractivity contribution in [1.82, 2.24) is 0 Å². The van der Waals surface area contributed by atoms with E-state index in [0.29, 0.717) is 35.5 Å². The van der Waals surface area contributed by atoms with Crippen LogP contribution in [-0.4, -0.2) is 25.2 Å². The van der Waals surface area contributed by atoms with Crippen LogP contribution in [-0.2, 0) is 36.5 Å². The van der Waals surface area contributed by atoms with Crippen LogP contribution >= 0.6 is 8.25 Å². The monoisotopic (exact) mass is 429 g/mol. The van der Waals surface area contributed by atoms with Gasteiger partial charge in [-0.1, -0.05) is 49.6 Å². The summed E-state index contributed by atoms with van der Waals surface area (Å²) in [6.45, 7) is 6.94. The highest BCUT2D eigenvalue weighted by atomic mass is 31.1. The fraction of sp³-hybridized carbons (Fsp3) is 0.182. The van der Waals surface area contributed by atoms with Crippen molar-refractivity contribution in [2.75, 3.05) is 13.2 Å². The Balaban J connectivity index is 1.98. The van der Waals surface area contributed by atoms with Gasteiger partial charge in [0.05, 0.1) is 13.2 Å². The second kappa shape index (κ2) is 12.2. The van der Waals surface area contributed by atoms with Crippen molar-refractivity contribution < 1.29 is 32.7 Å². The minimum absolute atomic E-state index is 0.134. The van der Waals surface area contributed by atoms with E-state index in [1.807, 2.05) is 0 Å². The molecule has 0 aliphatic carbocycles. The zero-order valence-electron chi connectivity index (χ0n) is 16.3. The van der Waals surface area contributed by atoms with Gasteiger partial charge in [0, 0.05) is 40.7 Å². The summed E-state index contributed by atoms with van der Waals surface area (Å²) in [6, 6.07) is 13.9. The van der Waals surface area contributed by atoms with Crippen LogP contribution in [0.4, 0.5) is 0 Å². The molecule has 0 aromatic heterocycles. The normalized spacial score (nSPS) is 9.87. The van der Waals surface area contributed by atoms with Crippen LogP contribution in [0.25, 0.3) is 0 Å². The van der Waals surface area contributed by atoms with E-state index >= 15 is 0 Å². The lowest BCUT2D eigenvalue weighted by molar-refractivity contribution is -0.138. The number of rotatable bonds is 12. The number of carbonyl (C=O) groups excluding carboxylic acids is 2. The lowest BCUT2D eigenvalue weighted by Gasteiger charge is -2.06. The number of hydrogen-bond acceptors (Lipinski definition) is 7. The van der Waals surface area contributed by atoms with Crippen molar-refractivity contribution in [2.45, 2.75) is 12.8 Å². The van der Waals surface area contributed by atoms with Crippen LogP contribution in [0.5, 0.6) is 11.5 Å². The molecule has 0 saturated carbocycles. The largest absolute Gasteiger partial charge is 0.805 e. The maximum absolute atomic E-state index is 12.4. The van der Waals surface area contributed by atoms with Crippen LogP contribution in [0.15, 0.2) is 73.8 Å². The SMILES string of the molecule is C=CC(=O)OCCc1ccccc1O[P+](=O)Oc1ccccc1CCOC(=O)C=C. The Labute approximate surface area is 175 Å². The Kier molecular flexibility index (Phi) is 9.28. The Hall–Kier alpha value is -3.44. The third-order valence-electron chi connectivity index (χ3n) is 3.86. The van der Waals surface area contributed by atoms with Gasteiger partial charge in [0.1, 0.15) is 0 Å². The molecule has 0 unspecified atom stereocenters. The van der Waals surface area contributed by atoms with E-state index in [1.54, 1.807) is 48.5 Å². The summed E-state index contributed by atoms with van der Waals surface area (Å²) in [7, 11) is -2.52. The molecule has 0 aliphatic rings. The smallest absolute Gasteiger partial charge is 0.462 e. The van der Waals surface area contributed by atoms with E-state index in [-0.39, 0.29) is 13.2 Å². The number of benzene rings is 2. The quantitative estimate of drug-likeness (QED) is 0.282. The van der Waals surface area contributed by atoms with E-state index < -0.39 is 20.2 Å². The molecule has 0 saturated heterocycles. The summed E-state index contributed by atoms with van der Waals surface area (Å²) < 4.78 is 33.3. The van der Waals surface area contributed by atoms with Crippen LogP contribution < -0.4 is 9.05 Å². The fourth-order valence-electron chi connectivity index (χ4n) is 2.42. The first-order valence-electron chi connectivity index (χ1n) is 9.11. The van der Waals surface area contributed by atoms with Gasteiger partial charge in [-0.15, -0.1) is 0 Å². The second-order valence-electron chi connectivity index (χ2n) is 5.86. The average molecular weight is 429 g/mol. The fourth-order valence-corrected chi connectivity index (χ4v) is 3.13. The highest BCUT2D eigenvalue weighted by molar-refractivity contribution is 7.34. The Morgan fingerprint density at radius 1 is 0.767 bits per heavy atom. The molecule has 2 rings (SSSR count). The maximum Gasteiger partial charge on any atom is 0.805 e.